The zero-order chi connectivity index (χ0) is 15.0. The highest BCUT2D eigenvalue weighted by Crippen LogP contribution is 2.16. The van der Waals surface area contributed by atoms with Crippen LogP contribution >= 0.6 is 27.7 Å². The first kappa shape index (κ1) is 17.0. The van der Waals surface area contributed by atoms with Crippen LogP contribution in [0.2, 0.25) is 0 Å². The molecular weight excluding hydrogens is 340 g/mol. The molecule has 0 fully saturated rings. The van der Waals surface area contributed by atoms with Crippen LogP contribution in [0, 0.1) is 0 Å². The molecule has 1 rings (SSSR count). The molecule has 0 aliphatic carbocycles. The van der Waals surface area contributed by atoms with Crippen LogP contribution in [0.25, 0.3) is 0 Å². The van der Waals surface area contributed by atoms with Crippen molar-refractivity contribution < 1.29 is 9.59 Å². The maximum Gasteiger partial charge on any atom is 0.234 e. The van der Waals surface area contributed by atoms with E-state index >= 15 is 0 Å². The van der Waals surface area contributed by atoms with Gasteiger partial charge >= 0.3 is 0 Å². The fourth-order valence-electron chi connectivity index (χ4n) is 1.56. The number of nitrogens with zero attached hydrogens (tertiary/aromatic N) is 1. The van der Waals surface area contributed by atoms with E-state index in [0.29, 0.717) is 5.75 Å². The van der Waals surface area contributed by atoms with E-state index in [1.165, 1.54) is 11.8 Å². The van der Waals surface area contributed by atoms with E-state index in [-0.39, 0.29) is 17.6 Å². The molecule has 1 aromatic carbocycles. The highest BCUT2D eigenvalue weighted by molar-refractivity contribution is 9.10. The second kappa shape index (κ2) is 9.02. The normalized spacial score (nSPS) is 10.2. The Bertz CT molecular complexity index is 468. The van der Waals surface area contributed by atoms with Crippen LogP contribution in [-0.2, 0) is 9.59 Å². The largest absolute Gasteiger partial charge is 0.345 e. The number of hydrogen-bond donors (Lipinski definition) is 1. The van der Waals surface area contributed by atoms with E-state index in [1.54, 1.807) is 11.9 Å². The highest BCUT2D eigenvalue weighted by atomic mass is 79.9. The molecule has 0 spiro atoms. The predicted molar refractivity (Wildman–Crippen MR) is 88.0 cm³/mol. The Kier molecular flexibility index (Phi) is 7.69. The Balaban J connectivity index is 2.28. The molecule has 0 unspecified atom stereocenters. The lowest BCUT2D eigenvalue weighted by molar-refractivity contribution is -0.127. The van der Waals surface area contributed by atoms with Gasteiger partial charge in [0.1, 0.15) is 0 Å². The van der Waals surface area contributed by atoms with Crippen molar-refractivity contribution in [1.29, 1.82) is 0 Å². The summed E-state index contributed by atoms with van der Waals surface area (Å²) in [4.78, 5) is 25.1. The second-order valence-corrected chi connectivity index (χ2v) is 6.27. The summed E-state index contributed by atoms with van der Waals surface area (Å²) in [6.07, 6.45) is 0.941. The van der Waals surface area contributed by atoms with Crippen molar-refractivity contribution in [2.75, 3.05) is 30.4 Å². The lowest BCUT2D eigenvalue weighted by Gasteiger charge is -2.15. The third-order valence-electron chi connectivity index (χ3n) is 2.55. The summed E-state index contributed by atoms with van der Waals surface area (Å²) in [5.74, 6) is 0.576. The summed E-state index contributed by atoms with van der Waals surface area (Å²) in [6.45, 7) is 2.78. The van der Waals surface area contributed by atoms with E-state index in [2.05, 4.69) is 21.2 Å². The fraction of sp³-hybridized carbons (Fsp3) is 0.429. The van der Waals surface area contributed by atoms with Crippen LogP contribution in [0.5, 0.6) is 0 Å². The molecule has 0 aliphatic rings. The molecule has 1 aromatic rings. The number of thioether (sulfide) groups is 1. The maximum absolute atomic E-state index is 11.7. The van der Waals surface area contributed by atoms with Crippen LogP contribution in [0.15, 0.2) is 28.7 Å². The first-order chi connectivity index (χ1) is 9.52. The highest BCUT2D eigenvalue weighted by Gasteiger charge is 2.09. The van der Waals surface area contributed by atoms with Gasteiger partial charge in [-0.1, -0.05) is 28.9 Å². The Labute approximate surface area is 132 Å². The molecule has 0 saturated carbocycles. The van der Waals surface area contributed by atoms with Gasteiger partial charge in [0.05, 0.1) is 11.5 Å². The average Bonchev–Trinajstić information content (AvgIpc) is 2.38. The third-order valence-corrected chi connectivity index (χ3v) is 3.96. The van der Waals surface area contributed by atoms with E-state index in [0.717, 1.165) is 23.1 Å². The molecule has 0 saturated heterocycles. The van der Waals surface area contributed by atoms with Gasteiger partial charge < -0.3 is 10.2 Å². The van der Waals surface area contributed by atoms with Crippen LogP contribution in [0.1, 0.15) is 13.3 Å². The van der Waals surface area contributed by atoms with Crippen LogP contribution in [0.3, 0.4) is 0 Å². The van der Waals surface area contributed by atoms with Crippen molar-refractivity contribution in [3.8, 4) is 0 Å². The number of carbonyl (C=O) groups is 2. The predicted octanol–water partition coefficient (Wildman–Crippen LogP) is 2.99. The molecular formula is C14H19BrN2O2S. The van der Waals surface area contributed by atoms with E-state index in [4.69, 9.17) is 0 Å². The molecule has 0 aromatic heterocycles. The van der Waals surface area contributed by atoms with Crippen molar-refractivity contribution in [3.05, 3.63) is 28.7 Å². The molecule has 110 valence electrons. The molecule has 4 nitrogen and oxygen atoms in total. The van der Waals surface area contributed by atoms with Crippen LogP contribution in [0.4, 0.5) is 5.69 Å². The van der Waals surface area contributed by atoms with Gasteiger partial charge in [-0.25, -0.2) is 0 Å². The number of benzene rings is 1. The van der Waals surface area contributed by atoms with Gasteiger partial charge in [0.15, 0.2) is 0 Å². The number of hydrogen-bond acceptors (Lipinski definition) is 3. The van der Waals surface area contributed by atoms with Gasteiger partial charge in [-0.05, 0) is 24.6 Å². The van der Waals surface area contributed by atoms with E-state index < -0.39 is 0 Å². The van der Waals surface area contributed by atoms with Crippen molar-refractivity contribution in [2.45, 2.75) is 13.3 Å². The first-order valence-electron chi connectivity index (χ1n) is 6.40. The Morgan fingerprint density at radius 3 is 2.75 bits per heavy atom. The van der Waals surface area contributed by atoms with Gasteiger partial charge in [0, 0.05) is 23.8 Å². The van der Waals surface area contributed by atoms with Crippen LogP contribution < -0.4 is 5.32 Å². The number of carbonyl (C=O) groups excluding carboxylic acids is 2. The van der Waals surface area contributed by atoms with Crippen molar-refractivity contribution in [2.24, 2.45) is 0 Å². The monoisotopic (exact) mass is 358 g/mol. The lowest BCUT2D eigenvalue weighted by Crippen LogP contribution is -2.29. The molecule has 0 bridgehead atoms. The van der Waals surface area contributed by atoms with Gasteiger partial charge in [-0.3, -0.25) is 9.59 Å². The molecule has 0 radical (unpaired) electrons. The number of anilines is 1. The summed E-state index contributed by atoms with van der Waals surface area (Å²) in [7, 11) is 1.79. The zero-order valence-corrected chi connectivity index (χ0v) is 14.1. The first-order valence-corrected chi connectivity index (χ1v) is 8.34. The SMILES string of the molecule is CCCN(C)C(=O)CSCC(=O)Nc1cccc(Br)c1. The number of rotatable bonds is 7. The Morgan fingerprint density at radius 1 is 1.35 bits per heavy atom. The van der Waals surface area contributed by atoms with Crippen LogP contribution in [-0.4, -0.2) is 41.8 Å². The summed E-state index contributed by atoms with van der Waals surface area (Å²) in [6, 6.07) is 7.42. The molecule has 20 heavy (non-hydrogen) atoms. The van der Waals surface area contributed by atoms with Gasteiger partial charge in [0.2, 0.25) is 11.8 Å². The quantitative estimate of drug-likeness (QED) is 0.814. The van der Waals surface area contributed by atoms with Crippen molar-refractivity contribution >= 4 is 45.2 Å². The number of amides is 2. The van der Waals surface area contributed by atoms with Crippen molar-refractivity contribution in [1.82, 2.24) is 4.90 Å². The summed E-state index contributed by atoms with van der Waals surface area (Å²) in [5.41, 5.74) is 0.749. The van der Waals surface area contributed by atoms with Gasteiger partial charge in [0.25, 0.3) is 0 Å². The van der Waals surface area contributed by atoms with Gasteiger partial charge in [-0.15, -0.1) is 11.8 Å². The molecule has 0 atom stereocenters. The minimum absolute atomic E-state index is 0.0621. The standard InChI is InChI=1S/C14H19BrN2O2S/c1-3-7-17(2)14(19)10-20-9-13(18)16-12-6-4-5-11(15)8-12/h4-6,8H,3,7,9-10H2,1-2H3,(H,16,18). The van der Waals surface area contributed by atoms with Crippen molar-refractivity contribution in [3.63, 3.8) is 0 Å². The molecule has 6 heteroatoms. The summed E-state index contributed by atoms with van der Waals surface area (Å²) in [5, 5.41) is 2.80. The lowest BCUT2D eigenvalue weighted by atomic mass is 10.3. The molecule has 1 N–H and O–H groups in total. The average molecular weight is 359 g/mol. The van der Waals surface area contributed by atoms with E-state index in [1.807, 2.05) is 31.2 Å². The second-order valence-electron chi connectivity index (χ2n) is 4.37. The summed E-state index contributed by atoms with van der Waals surface area (Å²) < 4.78 is 0.916. The maximum atomic E-state index is 11.7. The minimum atomic E-state index is -0.0981. The molecule has 0 heterocycles. The van der Waals surface area contributed by atoms with E-state index in [9.17, 15) is 9.59 Å². The Hall–Kier alpha value is -1.01. The topological polar surface area (TPSA) is 49.4 Å². The number of halogens is 1. The fourth-order valence-corrected chi connectivity index (χ4v) is 2.72. The molecule has 0 aliphatic heterocycles. The third kappa shape index (κ3) is 6.43. The molecule has 2 amide bonds. The smallest absolute Gasteiger partial charge is 0.234 e. The number of nitrogens with one attached hydrogen (secondary N) is 1. The summed E-state index contributed by atoms with van der Waals surface area (Å²) >= 11 is 4.68. The van der Waals surface area contributed by atoms with Gasteiger partial charge in [-0.2, -0.15) is 0 Å². The Morgan fingerprint density at radius 2 is 2.10 bits per heavy atom. The zero-order valence-electron chi connectivity index (χ0n) is 11.7. The minimum Gasteiger partial charge on any atom is -0.345 e.